The van der Waals surface area contributed by atoms with E-state index in [9.17, 15) is 10.1 Å². The first kappa shape index (κ1) is 13.0. The third kappa shape index (κ3) is 3.21. The summed E-state index contributed by atoms with van der Waals surface area (Å²) >= 11 is 0. The lowest BCUT2D eigenvalue weighted by molar-refractivity contribution is -0.383. The van der Waals surface area contributed by atoms with E-state index in [0.29, 0.717) is 6.54 Å². The first-order chi connectivity index (χ1) is 7.95. The number of hydrogen-bond donors (Lipinski definition) is 1. The number of nitrogen functional groups attached to an aromatic ring is 1. The number of benzene rings is 1. The van der Waals surface area contributed by atoms with Gasteiger partial charge < -0.3 is 10.6 Å². The Morgan fingerprint density at radius 3 is 2.65 bits per heavy atom. The molecule has 1 aromatic rings. The number of likely N-dealkylation sites (N-methyl/N-ethyl adjacent to an activating group) is 1. The van der Waals surface area contributed by atoms with Crippen LogP contribution in [-0.2, 0) is 0 Å². The standard InChI is InChI=1S/C12H17N3O2/c1-4-14(8-9(2)3)10-5-6-12(15(16)17)11(13)7-10/h5-7H,2,4,8,13H2,1,3H3. The molecule has 0 spiro atoms. The van der Waals surface area contributed by atoms with Gasteiger partial charge in [0.25, 0.3) is 5.69 Å². The summed E-state index contributed by atoms with van der Waals surface area (Å²) in [6.45, 7) is 9.32. The van der Waals surface area contributed by atoms with Gasteiger partial charge in [-0.05, 0) is 26.0 Å². The fourth-order valence-electron chi connectivity index (χ4n) is 1.62. The van der Waals surface area contributed by atoms with Crippen molar-refractivity contribution in [3.05, 3.63) is 40.5 Å². The lowest BCUT2D eigenvalue weighted by Crippen LogP contribution is -2.24. The second-order valence-corrected chi connectivity index (χ2v) is 3.97. The summed E-state index contributed by atoms with van der Waals surface area (Å²) in [6.07, 6.45) is 0. The third-order valence-corrected chi connectivity index (χ3v) is 2.42. The lowest BCUT2D eigenvalue weighted by Gasteiger charge is -2.23. The normalized spacial score (nSPS) is 10.0. The Bertz CT molecular complexity index is 443. The van der Waals surface area contributed by atoms with Crippen molar-refractivity contribution < 1.29 is 4.92 Å². The number of rotatable bonds is 5. The van der Waals surface area contributed by atoms with Gasteiger partial charge >= 0.3 is 0 Å². The zero-order valence-electron chi connectivity index (χ0n) is 10.1. The fraction of sp³-hybridized carbons (Fsp3) is 0.333. The van der Waals surface area contributed by atoms with E-state index in [-0.39, 0.29) is 11.4 Å². The average Bonchev–Trinajstić information content (AvgIpc) is 2.24. The van der Waals surface area contributed by atoms with Crippen molar-refractivity contribution in [2.45, 2.75) is 13.8 Å². The molecule has 0 heterocycles. The van der Waals surface area contributed by atoms with Gasteiger partial charge in [0.1, 0.15) is 5.69 Å². The van der Waals surface area contributed by atoms with Crippen LogP contribution in [0.2, 0.25) is 0 Å². The van der Waals surface area contributed by atoms with Crippen molar-refractivity contribution in [1.82, 2.24) is 0 Å². The van der Waals surface area contributed by atoms with Crippen LogP contribution in [0.4, 0.5) is 17.1 Å². The van der Waals surface area contributed by atoms with Crippen LogP contribution in [0.25, 0.3) is 0 Å². The Hall–Kier alpha value is -2.04. The van der Waals surface area contributed by atoms with Gasteiger partial charge in [0, 0.05) is 24.8 Å². The maximum absolute atomic E-state index is 10.6. The molecule has 0 amide bonds. The van der Waals surface area contributed by atoms with E-state index in [4.69, 9.17) is 5.73 Å². The predicted octanol–water partition coefficient (Wildman–Crippen LogP) is 2.58. The SMILES string of the molecule is C=C(C)CN(CC)c1ccc([N+](=O)[O-])c(N)c1. The van der Waals surface area contributed by atoms with Gasteiger partial charge in [0.2, 0.25) is 0 Å². The highest BCUT2D eigenvalue weighted by molar-refractivity contribution is 5.66. The number of nitro groups is 1. The first-order valence-corrected chi connectivity index (χ1v) is 5.39. The molecular formula is C12H17N3O2. The molecule has 0 atom stereocenters. The van der Waals surface area contributed by atoms with E-state index in [1.807, 2.05) is 13.8 Å². The second kappa shape index (κ2) is 5.34. The van der Waals surface area contributed by atoms with Crippen LogP contribution in [0, 0.1) is 10.1 Å². The van der Waals surface area contributed by atoms with Crippen molar-refractivity contribution in [1.29, 1.82) is 0 Å². The third-order valence-electron chi connectivity index (χ3n) is 2.42. The Balaban J connectivity index is 3.02. The van der Waals surface area contributed by atoms with Crippen LogP contribution in [0.1, 0.15) is 13.8 Å². The number of nitro benzene ring substituents is 1. The summed E-state index contributed by atoms with van der Waals surface area (Å²) < 4.78 is 0. The Morgan fingerprint density at radius 1 is 1.59 bits per heavy atom. The molecule has 1 rings (SSSR count). The maximum atomic E-state index is 10.6. The first-order valence-electron chi connectivity index (χ1n) is 5.39. The molecule has 2 N–H and O–H groups in total. The molecule has 0 aliphatic carbocycles. The minimum absolute atomic E-state index is 0.0554. The van der Waals surface area contributed by atoms with Gasteiger partial charge in [-0.2, -0.15) is 0 Å². The molecular weight excluding hydrogens is 218 g/mol. The number of hydrogen-bond acceptors (Lipinski definition) is 4. The largest absolute Gasteiger partial charge is 0.393 e. The fourth-order valence-corrected chi connectivity index (χ4v) is 1.62. The molecule has 0 saturated heterocycles. The molecule has 0 saturated carbocycles. The summed E-state index contributed by atoms with van der Waals surface area (Å²) in [5.74, 6) is 0. The summed E-state index contributed by atoms with van der Waals surface area (Å²) in [4.78, 5) is 12.2. The van der Waals surface area contributed by atoms with Gasteiger partial charge in [-0.1, -0.05) is 12.2 Å². The second-order valence-electron chi connectivity index (χ2n) is 3.97. The smallest absolute Gasteiger partial charge is 0.292 e. The zero-order valence-corrected chi connectivity index (χ0v) is 10.1. The average molecular weight is 235 g/mol. The van der Waals surface area contributed by atoms with Gasteiger partial charge in [0.05, 0.1) is 4.92 Å². The minimum atomic E-state index is -0.478. The molecule has 0 radical (unpaired) electrons. The minimum Gasteiger partial charge on any atom is -0.393 e. The summed E-state index contributed by atoms with van der Waals surface area (Å²) in [5.41, 5.74) is 7.69. The molecule has 0 unspecified atom stereocenters. The Kier molecular flexibility index (Phi) is 4.09. The molecule has 5 nitrogen and oxygen atoms in total. The molecule has 92 valence electrons. The van der Waals surface area contributed by atoms with Crippen molar-refractivity contribution in [2.24, 2.45) is 0 Å². The number of nitrogens with zero attached hydrogens (tertiary/aromatic N) is 2. The molecule has 5 heteroatoms. The van der Waals surface area contributed by atoms with Gasteiger partial charge in [-0.3, -0.25) is 10.1 Å². The predicted molar refractivity (Wildman–Crippen MR) is 70.2 cm³/mol. The van der Waals surface area contributed by atoms with Crippen LogP contribution in [-0.4, -0.2) is 18.0 Å². The van der Waals surface area contributed by atoms with E-state index in [1.54, 1.807) is 12.1 Å². The number of anilines is 2. The van der Waals surface area contributed by atoms with E-state index in [1.165, 1.54) is 6.07 Å². The molecule has 0 aromatic heterocycles. The van der Waals surface area contributed by atoms with E-state index in [2.05, 4.69) is 11.5 Å². The van der Waals surface area contributed by atoms with Crippen LogP contribution >= 0.6 is 0 Å². The highest BCUT2D eigenvalue weighted by Crippen LogP contribution is 2.27. The van der Waals surface area contributed by atoms with Gasteiger partial charge in [0.15, 0.2) is 0 Å². The quantitative estimate of drug-likeness (QED) is 0.368. The van der Waals surface area contributed by atoms with Crippen LogP contribution < -0.4 is 10.6 Å². The maximum Gasteiger partial charge on any atom is 0.292 e. The number of nitrogens with two attached hydrogens (primary N) is 1. The molecule has 0 fully saturated rings. The van der Waals surface area contributed by atoms with Crippen molar-refractivity contribution in [2.75, 3.05) is 23.7 Å². The Labute approximate surface area is 101 Å². The topological polar surface area (TPSA) is 72.4 Å². The Morgan fingerprint density at radius 2 is 2.24 bits per heavy atom. The van der Waals surface area contributed by atoms with E-state index >= 15 is 0 Å². The van der Waals surface area contributed by atoms with Crippen LogP contribution in [0.3, 0.4) is 0 Å². The summed E-state index contributed by atoms with van der Waals surface area (Å²) in [6, 6.07) is 4.78. The molecule has 17 heavy (non-hydrogen) atoms. The highest BCUT2D eigenvalue weighted by Gasteiger charge is 2.13. The van der Waals surface area contributed by atoms with Crippen molar-refractivity contribution in [3.63, 3.8) is 0 Å². The van der Waals surface area contributed by atoms with Gasteiger partial charge in [-0.25, -0.2) is 0 Å². The van der Waals surface area contributed by atoms with Crippen LogP contribution in [0.15, 0.2) is 30.4 Å². The molecule has 1 aromatic carbocycles. The van der Waals surface area contributed by atoms with Crippen molar-refractivity contribution >= 4 is 17.1 Å². The lowest BCUT2D eigenvalue weighted by atomic mass is 10.2. The van der Waals surface area contributed by atoms with Crippen molar-refractivity contribution in [3.8, 4) is 0 Å². The zero-order chi connectivity index (χ0) is 13.0. The molecule has 0 aliphatic heterocycles. The summed E-state index contributed by atoms with van der Waals surface area (Å²) in [5, 5.41) is 10.6. The van der Waals surface area contributed by atoms with E-state index < -0.39 is 4.92 Å². The highest BCUT2D eigenvalue weighted by atomic mass is 16.6. The molecule has 0 bridgehead atoms. The van der Waals surface area contributed by atoms with E-state index in [0.717, 1.165) is 17.8 Å². The summed E-state index contributed by atoms with van der Waals surface area (Å²) in [7, 11) is 0. The van der Waals surface area contributed by atoms with Gasteiger partial charge in [-0.15, -0.1) is 0 Å². The van der Waals surface area contributed by atoms with Crippen LogP contribution in [0.5, 0.6) is 0 Å². The monoisotopic (exact) mass is 235 g/mol. The molecule has 0 aliphatic rings.